The van der Waals surface area contributed by atoms with Gasteiger partial charge in [-0.1, -0.05) is 4.98 Å². The van der Waals surface area contributed by atoms with E-state index in [-0.39, 0.29) is 57.8 Å². The van der Waals surface area contributed by atoms with Gasteiger partial charge < -0.3 is 85.0 Å². The zero-order valence-electron chi connectivity index (χ0n) is 41.1. The Morgan fingerprint density at radius 2 is 1.38 bits per heavy atom. The predicted molar refractivity (Wildman–Crippen MR) is 256 cm³/mol. The maximum absolute atomic E-state index is 14.3. The predicted octanol–water partition coefficient (Wildman–Crippen LogP) is -4.54. The van der Waals surface area contributed by atoms with E-state index in [0.717, 1.165) is 40.1 Å². The summed E-state index contributed by atoms with van der Waals surface area (Å²) in [5.41, 5.74) is 13.4. The van der Waals surface area contributed by atoms with Crippen LogP contribution in [0.2, 0.25) is 0 Å². The normalized spacial score (nSPS) is 29.5. The summed E-state index contributed by atoms with van der Waals surface area (Å²) in [7, 11) is -19.9. The number of imidazole rings is 3. The van der Waals surface area contributed by atoms with Gasteiger partial charge in [0.2, 0.25) is 23.6 Å². The van der Waals surface area contributed by atoms with Gasteiger partial charge in [-0.05, 0) is 0 Å². The van der Waals surface area contributed by atoms with E-state index >= 15 is 0 Å². The number of ether oxygens (including phenoxy) is 4. The number of H-pyrrole nitrogens is 2. The van der Waals surface area contributed by atoms with Crippen LogP contribution < -0.4 is 37.8 Å². The first-order chi connectivity index (χ1) is 37.0. The number of rotatable bonds is 20. The lowest BCUT2D eigenvalue weighted by atomic mass is 9.97. The number of aromatic amines is 2. The van der Waals surface area contributed by atoms with Crippen molar-refractivity contribution in [1.29, 1.82) is 0 Å². The highest BCUT2D eigenvalue weighted by atomic mass is 31.3. The van der Waals surface area contributed by atoms with Crippen LogP contribution in [-0.2, 0) is 71.2 Å². The van der Waals surface area contributed by atoms with Gasteiger partial charge in [0.15, 0.2) is 41.4 Å². The molecule has 14 N–H and O–H groups in total. The molecule has 9 heterocycles. The van der Waals surface area contributed by atoms with Crippen LogP contribution in [0, 0.1) is 5.92 Å². The Morgan fingerprint density at radius 3 is 2.04 bits per heavy atom. The molecule has 6 aromatic heterocycles. The molecule has 16 atom stereocenters. The number of phosphoric acid groups is 3. The molecule has 0 aliphatic carbocycles. The number of aliphatic hydroxyl groups is 3. The molecule has 3 aliphatic heterocycles. The van der Waals surface area contributed by atoms with E-state index in [1.807, 2.05) is 0 Å². The number of aliphatic hydroxyl groups excluding tert-OH is 3. The zero-order chi connectivity index (χ0) is 57.4. The van der Waals surface area contributed by atoms with Gasteiger partial charge in [-0.3, -0.25) is 47.1 Å². The van der Waals surface area contributed by atoms with Crippen molar-refractivity contribution in [2.45, 2.75) is 74.0 Å². The number of fused-ring (bicyclic) bond motifs is 3. The second kappa shape index (κ2) is 21.7. The first kappa shape index (κ1) is 58.1. The van der Waals surface area contributed by atoms with Gasteiger partial charge in [-0.25, -0.2) is 38.2 Å². The minimum atomic E-state index is -6.26. The highest BCUT2D eigenvalue weighted by Gasteiger charge is 2.55. The van der Waals surface area contributed by atoms with Crippen LogP contribution >= 0.6 is 31.1 Å². The maximum Gasteiger partial charge on any atom is 0.490 e. The Balaban J connectivity index is 0.897. The lowest BCUT2D eigenvalue weighted by Crippen LogP contribution is -2.46. The summed E-state index contributed by atoms with van der Waals surface area (Å²) in [5, 5.41) is 33.5. The molecule has 1 amide bonds. The Labute approximate surface area is 440 Å². The number of carbonyl (C=O) groups excluding carboxylic acids is 1. The number of aryl methyl sites for hydroxylation is 1. The van der Waals surface area contributed by atoms with E-state index in [4.69, 9.17) is 49.7 Å². The van der Waals surface area contributed by atoms with E-state index in [9.17, 15) is 67.5 Å². The second-order valence-electron chi connectivity index (χ2n) is 18.0. The molecule has 6 aromatic rings. The number of nitrogen functional groups attached to an aromatic ring is 3. The van der Waals surface area contributed by atoms with Gasteiger partial charge in [-0.15, -0.1) is 0 Å². The quantitative estimate of drug-likeness (QED) is 0.0253. The number of carbonyl (C=O) groups is 1. The molecule has 79 heavy (non-hydrogen) atoms. The number of hydrogen-bond acceptors (Lipinski definition) is 29. The molecule has 39 nitrogen and oxygen atoms in total. The van der Waals surface area contributed by atoms with Crippen LogP contribution in [0.5, 0.6) is 0 Å². The summed E-state index contributed by atoms with van der Waals surface area (Å²) in [6, 6.07) is 0. The highest BCUT2D eigenvalue weighted by molar-refractivity contribution is 7.66. The number of anilines is 3. The molecule has 0 bridgehead atoms. The lowest BCUT2D eigenvalue weighted by molar-refractivity contribution is -0.745. The monoisotopic (exact) mass is 1200 g/mol. The number of nitrogens with zero attached hydrogens (tertiary/aromatic N) is 11. The number of hydrogen-bond donors (Lipinski definition) is 11. The molecule has 9 rings (SSSR count). The van der Waals surface area contributed by atoms with Gasteiger partial charge >= 0.3 is 29.1 Å². The molecule has 0 spiro atoms. The van der Waals surface area contributed by atoms with Gasteiger partial charge in [-0.2, -0.15) is 13.6 Å². The van der Waals surface area contributed by atoms with E-state index in [1.165, 1.54) is 36.5 Å². The van der Waals surface area contributed by atoms with E-state index in [0.29, 0.717) is 0 Å². The van der Waals surface area contributed by atoms with Crippen molar-refractivity contribution in [3.05, 3.63) is 46.0 Å². The third-order valence-corrected chi connectivity index (χ3v) is 19.0. The van der Waals surface area contributed by atoms with E-state index < -0.39 is 141 Å². The fourth-order valence-corrected chi connectivity index (χ4v) is 14.5. The van der Waals surface area contributed by atoms with Gasteiger partial charge in [0, 0.05) is 33.5 Å². The number of aromatic nitrogens is 12. The van der Waals surface area contributed by atoms with Crippen LogP contribution in [0.1, 0.15) is 25.6 Å². The standard InChI is InChI=1S/C36H50N16O23P4/c1-13(53)48(2)5-14-15(71-32(21(14)54)52-12-49(3)20-29(52)45-36(39)47-31(20)58)6-69-77(61,62)74-79(65,66)75-78(63,64)70-8-17-25(24(67-4)34(73-17)50-10-42-18-26(37)40-9-41-27(18)50)76(59,60)68-7-16-22(55)23(56)33(72-16)51-11-43-19-28(51)44-35(38)46-30(19)57/h9-12,14-17,21-25,32-34,54-56H,5-8H2,1-4H3,(H11-,37,38,39,40,41,44,45,46,47,57,58,59,60,61,62,63,64,65,66)/t14-,15-,16-,17-,21-,22-,23-,24-,25-,32-,33-,34-/m1/s1. The summed E-state index contributed by atoms with van der Waals surface area (Å²) in [6.45, 7) is -2.48. The molecule has 432 valence electrons. The SMILES string of the molecule is CO[C@@H]1[C@H](P(=O)([O-])OC[C@H]2O[C@@H](n3cnc4c(=O)[nH]c(N)nc43)[C@H](O)[C@@H]2O)[C@@H](COP(=O)(O)OP(=O)(O)OP(=O)(O)OC[C@H]2O[C@@H]([n+]3cn(C)c4c(=O)[nH]c(N)nc43)[C@H](O)[C@@H]2CN(C)C(C)=O)O[C@H]1n1cnc2c(N)ncnc21. The fourth-order valence-electron chi connectivity index (χ4n) is 9.23. The molecule has 0 radical (unpaired) electrons. The second-order valence-corrected chi connectivity index (χ2v) is 24.6. The molecule has 3 aliphatic rings. The molecule has 0 aromatic carbocycles. The Hall–Kier alpha value is -5.60. The van der Waals surface area contributed by atoms with Crippen LogP contribution in [0.4, 0.5) is 17.7 Å². The lowest BCUT2D eigenvalue weighted by Gasteiger charge is -2.35. The van der Waals surface area contributed by atoms with E-state index in [2.05, 4.69) is 48.5 Å². The fraction of sp³-hybridized carbons (Fsp3) is 0.556. The summed E-state index contributed by atoms with van der Waals surface area (Å²) >= 11 is 0. The Kier molecular flexibility index (Phi) is 16.0. The van der Waals surface area contributed by atoms with Crippen molar-refractivity contribution in [2.24, 2.45) is 13.0 Å². The number of methoxy groups -OCH3 is 1. The number of phosphoric ester groups is 2. The molecule has 4 unspecified atom stereocenters. The minimum absolute atomic E-state index is 0.000661. The summed E-state index contributed by atoms with van der Waals surface area (Å²) < 4.78 is 106. The average molecular weight is 1200 g/mol. The first-order valence-corrected chi connectivity index (χ1v) is 28.9. The van der Waals surface area contributed by atoms with Crippen molar-refractivity contribution in [3.63, 3.8) is 0 Å². The van der Waals surface area contributed by atoms with Gasteiger partial charge in [0.05, 0.1) is 57.4 Å². The smallest absolute Gasteiger partial charge is 0.490 e. The zero-order valence-corrected chi connectivity index (χ0v) is 44.7. The first-order valence-electron chi connectivity index (χ1n) is 22.8. The summed E-state index contributed by atoms with van der Waals surface area (Å²) in [4.78, 5) is 113. The number of nitrogens with one attached hydrogen (secondary N) is 2. The van der Waals surface area contributed by atoms with Crippen LogP contribution in [0.3, 0.4) is 0 Å². The Bertz CT molecular complexity index is 3640. The van der Waals surface area contributed by atoms with Crippen LogP contribution in [0.15, 0.2) is 34.9 Å². The third kappa shape index (κ3) is 11.5. The van der Waals surface area contributed by atoms with Crippen molar-refractivity contribution < 1.29 is 104 Å². The van der Waals surface area contributed by atoms with Gasteiger partial charge in [0.1, 0.15) is 50.0 Å². The topological polar surface area (TPSA) is 556 Å². The number of amides is 1. The molecule has 43 heteroatoms. The Morgan fingerprint density at radius 1 is 0.785 bits per heavy atom. The van der Waals surface area contributed by atoms with Crippen LogP contribution in [0.25, 0.3) is 33.5 Å². The van der Waals surface area contributed by atoms with Crippen molar-refractivity contribution in [2.75, 3.05) is 57.7 Å². The molecule has 3 saturated heterocycles. The van der Waals surface area contributed by atoms with Gasteiger partial charge in [0.25, 0.3) is 17.1 Å². The van der Waals surface area contributed by atoms with Crippen molar-refractivity contribution in [3.8, 4) is 0 Å². The molecule has 0 saturated carbocycles. The minimum Gasteiger partial charge on any atom is -0.778 e. The van der Waals surface area contributed by atoms with Crippen molar-refractivity contribution in [1.82, 2.24) is 58.5 Å². The van der Waals surface area contributed by atoms with Crippen LogP contribution in [-0.4, -0.2) is 183 Å². The van der Waals surface area contributed by atoms with E-state index in [1.54, 1.807) is 0 Å². The van der Waals surface area contributed by atoms with Crippen molar-refractivity contribution >= 4 is 88.2 Å². The summed E-state index contributed by atoms with van der Waals surface area (Å²) in [5.74, 6) is -2.36. The number of nitrogens with two attached hydrogens (primary N) is 3. The molecule has 3 fully saturated rings. The third-order valence-electron chi connectivity index (χ3n) is 12.9. The molecular formula is C36H50N16O23P4. The summed E-state index contributed by atoms with van der Waals surface area (Å²) in [6.07, 6.45) is -12.0. The average Bonchev–Trinajstić information content (AvgIpc) is 4.43. The highest BCUT2D eigenvalue weighted by Crippen LogP contribution is 2.68. The maximum atomic E-state index is 14.3. The molecular weight excluding hydrogens is 1150 g/mol. The largest absolute Gasteiger partial charge is 0.778 e.